The molecule has 122 valence electrons. The van der Waals surface area contributed by atoms with E-state index in [0.717, 1.165) is 25.6 Å². The van der Waals surface area contributed by atoms with Crippen LogP contribution in [0.1, 0.15) is 46.5 Å². The lowest BCUT2D eigenvalue weighted by Crippen LogP contribution is -2.40. The van der Waals surface area contributed by atoms with Crippen molar-refractivity contribution in [1.82, 2.24) is 15.1 Å². The minimum absolute atomic E-state index is 0.231. The standard InChI is InChI=1S/C16H31N3O2/c1-16(2,3)21-15(20)18(4)10-6-9-17-13-8-12-19-11-5-7-14(13)19/h13-14,17H,5-12H2,1-4H3. The summed E-state index contributed by atoms with van der Waals surface area (Å²) in [5.74, 6) is 0. The van der Waals surface area contributed by atoms with E-state index in [1.54, 1.807) is 4.90 Å². The number of carbonyl (C=O) groups excluding carboxylic acids is 1. The topological polar surface area (TPSA) is 44.8 Å². The summed E-state index contributed by atoms with van der Waals surface area (Å²) in [6.45, 7) is 9.94. The summed E-state index contributed by atoms with van der Waals surface area (Å²) in [7, 11) is 1.81. The molecule has 2 unspecified atom stereocenters. The van der Waals surface area contributed by atoms with E-state index in [9.17, 15) is 4.79 Å². The fourth-order valence-corrected chi connectivity index (χ4v) is 3.36. The quantitative estimate of drug-likeness (QED) is 0.789. The minimum Gasteiger partial charge on any atom is -0.444 e. The Morgan fingerprint density at radius 3 is 2.81 bits per heavy atom. The van der Waals surface area contributed by atoms with E-state index < -0.39 is 5.60 Å². The number of hydrogen-bond donors (Lipinski definition) is 1. The van der Waals surface area contributed by atoms with E-state index in [1.165, 1.54) is 32.4 Å². The van der Waals surface area contributed by atoms with Gasteiger partial charge in [0.15, 0.2) is 0 Å². The predicted molar refractivity (Wildman–Crippen MR) is 84.5 cm³/mol. The van der Waals surface area contributed by atoms with Crippen molar-refractivity contribution in [3.05, 3.63) is 0 Å². The molecule has 0 spiro atoms. The Labute approximate surface area is 129 Å². The highest BCUT2D eigenvalue weighted by Gasteiger charge is 2.36. The van der Waals surface area contributed by atoms with E-state index in [-0.39, 0.29) is 6.09 Å². The molecule has 1 amide bonds. The van der Waals surface area contributed by atoms with Gasteiger partial charge in [0.05, 0.1) is 0 Å². The normalized spacial score (nSPS) is 25.9. The van der Waals surface area contributed by atoms with Gasteiger partial charge in [-0.15, -0.1) is 0 Å². The summed E-state index contributed by atoms with van der Waals surface area (Å²) in [6.07, 6.45) is 4.70. The molecule has 1 N–H and O–H groups in total. The van der Waals surface area contributed by atoms with Gasteiger partial charge in [0.2, 0.25) is 0 Å². The molecule has 2 aliphatic heterocycles. The maximum atomic E-state index is 11.8. The van der Waals surface area contributed by atoms with Crippen LogP contribution in [0.25, 0.3) is 0 Å². The molecule has 2 heterocycles. The number of nitrogens with zero attached hydrogens (tertiary/aromatic N) is 2. The Hall–Kier alpha value is -0.810. The third-order valence-electron chi connectivity index (χ3n) is 4.39. The zero-order valence-electron chi connectivity index (χ0n) is 14.0. The minimum atomic E-state index is -0.417. The molecule has 0 saturated carbocycles. The Bertz CT molecular complexity index is 354. The van der Waals surface area contributed by atoms with Crippen LogP contribution in [-0.4, -0.2) is 66.8 Å². The summed E-state index contributed by atoms with van der Waals surface area (Å²) < 4.78 is 5.35. The number of amides is 1. The van der Waals surface area contributed by atoms with E-state index in [1.807, 2.05) is 27.8 Å². The highest BCUT2D eigenvalue weighted by atomic mass is 16.6. The maximum Gasteiger partial charge on any atom is 0.410 e. The van der Waals surface area contributed by atoms with E-state index in [2.05, 4.69) is 10.2 Å². The number of fused-ring (bicyclic) bond motifs is 1. The van der Waals surface area contributed by atoms with Gasteiger partial charge in [-0.05, 0) is 59.5 Å². The summed E-state index contributed by atoms with van der Waals surface area (Å²) >= 11 is 0. The Kier molecular flexibility index (Phi) is 5.49. The fraction of sp³-hybridized carbons (Fsp3) is 0.938. The van der Waals surface area contributed by atoms with Crippen molar-refractivity contribution in [1.29, 1.82) is 0 Å². The molecule has 2 aliphatic rings. The van der Waals surface area contributed by atoms with Gasteiger partial charge in [0.25, 0.3) is 0 Å². The molecule has 0 aromatic rings. The van der Waals surface area contributed by atoms with Crippen LogP contribution >= 0.6 is 0 Å². The van der Waals surface area contributed by atoms with Gasteiger partial charge in [-0.25, -0.2) is 4.79 Å². The third kappa shape index (κ3) is 4.85. The first-order chi connectivity index (χ1) is 9.87. The zero-order valence-corrected chi connectivity index (χ0v) is 14.0. The highest BCUT2D eigenvalue weighted by Crippen LogP contribution is 2.27. The Morgan fingerprint density at radius 1 is 1.33 bits per heavy atom. The average Bonchev–Trinajstić information content (AvgIpc) is 2.95. The van der Waals surface area contributed by atoms with Crippen LogP contribution in [0.4, 0.5) is 4.79 Å². The van der Waals surface area contributed by atoms with Crippen molar-refractivity contribution in [2.75, 3.05) is 33.2 Å². The molecule has 5 heteroatoms. The van der Waals surface area contributed by atoms with Gasteiger partial charge in [0, 0.05) is 32.2 Å². The first kappa shape index (κ1) is 16.6. The van der Waals surface area contributed by atoms with Gasteiger partial charge < -0.3 is 15.0 Å². The highest BCUT2D eigenvalue weighted by molar-refractivity contribution is 5.67. The summed E-state index contributed by atoms with van der Waals surface area (Å²) in [5.41, 5.74) is -0.417. The number of ether oxygens (including phenoxy) is 1. The Morgan fingerprint density at radius 2 is 2.10 bits per heavy atom. The van der Waals surface area contributed by atoms with Gasteiger partial charge in [-0.3, -0.25) is 4.90 Å². The number of hydrogen-bond acceptors (Lipinski definition) is 4. The molecule has 2 saturated heterocycles. The largest absolute Gasteiger partial charge is 0.444 e. The van der Waals surface area contributed by atoms with Crippen molar-refractivity contribution in [2.24, 2.45) is 0 Å². The predicted octanol–water partition coefficient (Wildman–Crippen LogP) is 2.07. The third-order valence-corrected chi connectivity index (χ3v) is 4.39. The molecule has 2 atom stereocenters. The number of rotatable bonds is 5. The van der Waals surface area contributed by atoms with Gasteiger partial charge >= 0.3 is 6.09 Å². The van der Waals surface area contributed by atoms with Gasteiger partial charge in [-0.2, -0.15) is 0 Å². The molecule has 0 radical (unpaired) electrons. The second-order valence-corrected chi connectivity index (χ2v) is 7.35. The molecule has 0 aliphatic carbocycles. The first-order valence-corrected chi connectivity index (χ1v) is 8.28. The smallest absolute Gasteiger partial charge is 0.410 e. The SMILES string of the molecule is CN(CCCNC1CCN2CCCC12)C(=O)OC(C)(C)C. The molecule has 2 fully saturated rings. The molecular weight excluding hydrogens is 266 g/mol. The van der Waals surface area contributed by atoms with E-state index in [0.29, 0.717) is 6.04 Å². The van der Waals surface area contributed by atoms with Crippen LogP contribution in [-0.2, 0) is 4.74 Å². The summed E-state index contributed by atoms with van der Waals surface area (Å²) in [6, 6.07) is 1.41. The molecular formula is C16H31N3O2. The van der Waals surface area contributed by atoms with Crippen LogP contribution in [0.5, 0.6) is 0 Å². The molecule has 5 nitrogen and oxygen atoms in total. The van der Waals surface area contributed by atoms with Crippen LogP contribution in [0.15, 0.2) is 0 Å². The van der Waals surface area contributed by atoms with Crippen molar-refractivity contribution in [3.8, 4) is 0 Å². The molecule has 2 rings (SSSR count). The van der Waals surface area contributed by atoms with Crippen molar-refractivity contribution in [3.63, 3.8) is 0 Å². The molecule has 0 aromatic heterocycles. The number of nitrogens with one attached hydrogen (secondary N) is 1. The first-order valence-electron chi connectivity index (χ1n) is 8.28. The van der Waals surface area contributed by atoms with Crippen LogP contribution in [0.2, 0.25) is 0 Å². The summed E-state index contributed by atoms with van der Waals surface area (Å²) in [5, 5.41) is 3.68. The van der Waals surface area contributed by atoms with E-state index in [4.69, 9.17) is 4.74 Å². The average molecular weight is 297 g/mol. The van der Waals surface area contributed by atoms with Crippen molar-refractivity contribution < 1.29 is 9.53 Å². The molecule has 0 aromatic carbocycles. The van der Waals surface area contributed by atoms with Crippen LogP contribution in [0, 0.1) is 0 Å². The Balaban J connectivity index is 1.60. The fourth-order valence-electron chi connectivity index (χ4n) is 3.36. The summed E-state index contributed by atoms with van der Waals surface area (Å²) in [4.78, 5) is 16.1. The van der Waals surface area contributed by atoms with Crippen molar-refractivity contribution >= 4 is 6.09 Å². The maximum absolute atomic E-state index is 11.8. The lowest BCUT2D eigenvalue weighted by molar-refractivity contribution is 0.0297. The van der Waals surface area contributed by atoms with Crippen molar-refractivity contribution in [2.45, 2.75) is 64.1 Å². The second kappa shape index (κ2) is 6.97. The molecule has 21 heavy (non-hydrogen) atoms. The van der Waals surface area contributed by atoms with Gasteiger partial charge in [-0.1, -0.05) is 0 Å². The second-order valence-electron chi connectivity index (χ2n) is 7.35. The lowest BCUT2D eigenvalue weighted by Gasteiger charge is -2.25. The lowest BCUT2D eigenvalue weighted by atomic mass is 10.1. The monoisotopic (exact) mass is 297 g/mol. The number of carbonyl (C=O) groups is 1. The van der Waals surface area contributed by atoms with Crippen LogP contribution in [0.3, 0.4) is 0 Å². The van der Waals surface area contributed by atoms with Gasteiger partial charge in [0.1, 0.15) is 5.60 Å². The van der Waals surface area contributed by atoms with E-state index >= 15 is 0 Å². The molecule has 0 bridgehead atoms. The van der Waals surface area contributed by atoms with Crippen LogP contribution < -0.4 is 5.32 Å². The zero-order chi connectivity index (χ0) is 15.5.